The highest BCUT2D eigenvalue weighted by Gasteiger charge is 2.31. The van der Waals surface area contributed by atoms with Gasteiger partial charge >= 0.3 is 6.36 Å². The zero-order valence-electron chi connectivity index (χ0n) is 14.2. The van der Waals surface area contributed by atoms with Crippen LogP contribution in [0.25, 0.3) is 10.2 Å². The lowest BCUT2D eigenvalue weighted by Crippen LogP contribution is -2.48. The van der Waals surface area contributed by atoms with Gasteiger partial charge in [0.25, 0.3) is 5.91 Å². The second kappa shape index (κ2) is 7.28. The Morgan fingerprint density at radius 1 is 1.18 bits per heavy atom. The summed E-state index contributed by atoms with van der Waals surface area (Å²) >= 11 is 4.47. The van der Waals surface area contributed by atoms with Gasteiger partial charge in [-0.15, -0.1) is 13.2 Å². The van der Waals surface area contributed by atoms with Gasteiger partial charge in [-0.2, -0.15) is 0 Å². The second-order valence-electron chi connectivity index (χ2n) is 6.06. The smallest absolute Gasteiger partial charge is 0.444 e. The molecule has 6 nitrogen and oxygen atoms in total. The third-order valence-corrected chi connectivity index (χ3v) is 5.71. The van der Waals surface area contributed by atoms with Crippen molar-refractivity contribution in [3.63, 3.8) is 0 Å². The van der Waals surface area contributed by atoms with E-state index in [-0.39, 0.29) is 17.4 Å². The predicted octanol–water partition coefficient (Wildman–Crippen LogP) is 4.51. The molecule has 0 spiro atoms. The number of alkyl halides is 3. The molecule has 0 N–H and O–H groups in total. The highest BCUT2D eigenvalue weighted by atomic mass is 79.9. The van der Waals surface area contributed by atoms with Crippen molar-refractivity contribution >= 4 is 48.5 Å². The van der Waals surface area contributed by atoms with Crippen LogP contribution in [0.2, 0.25) is 0 Å². The first kappa shape index (κ1) is 19.1. The van der Waals surface area contributed by atoms with Gasteiger partial charge in [0.2, 0.25) is 0 Å². The maximum atomic E-state index is 12.4. The van der Waals surface area contributed by atoms with Crippen molar-refractivity contribution < 1.29 is 27.1 Å². The number of carbonyl (C=O) groups is 1. The molecule has 1 aliphatic rings. The van der Waals surface area contributed by atoms with E-state index in [1.54, 1.807) is 17.0 Å². The van der Waals surface area contributed by atoms with E-state index < -0.39 is 6.36 Å². The van der Waals surface area contributed by atoms with Crippen molar-refractivity contribution in [2.24, 2.45) is 0 Å². The molecule has 1 fully saturated rings. The van der Waals surface area contributed by atoms with Crippen LogP contribution in [0.5, 0.6) is 5.75 Å². The maximum absolute atomic E-state index is 12.4. The number of benzene rings is 1. The average Bonchev–Trinajstić information content (AvgIpc) is 3.26. The number of piperazine rings is 1. The maximum Gasteiger partial charge on any atom is 0.573 e. The van der Waals surface area contributed by atoms with E-state index in [4.69, 9.17) is 4.42 Å². The van der Waals surface area contributed by atoms with E-state index in [0.717, 1.165) is 0 Å². The van der Waals surface area contributed by atoms with Crippen molar-refractivity contribution in [2.75, 3.05) is 31.1 Å². The van der Waals surface area contributed by atoms with Crippen LogP contribution in [0.4, 0.5) is 18.3 Å². The first-order valence-electron chi connectivity index (χ1n) is 8.24. The average molecular weight is 476 g/mol. The Hall–Kier alpha value is -2.27. The molecule has 0 saturated carbocycles. The standard InChI is InChI=1S/C17H13BrF3N3O3S/c18-14-4-3-12(26-14)15(25)23-5-7-24(8-6-23)16-22-11-2-1-10(9-13(11)28-16)27-17(19,20)21/h1-4,9H,5-8H2. The summed E-state index contributed by atoms with van der Waals surface area (Å²) in [7, 11) is 0. The number of furan rings is 1. The monoisotopic (exact) mass is 475 g/mol. The van der Waals surface area contributed by atoms with Gasteiger partial charge in [0.1, 0.15) is 5.75 Å². The Labute approximate surface area is 169 Å². The number of ether oxygens (including phenoxy) is 1. The Morgan fingerprint density at radius 2 is 1.93 bits per heavy atom. The molecule has 0 unspecified atom stereocenters. The summed E-state index contributed by atoms with van der Waals surface area (Å²) in [4.78, 5) is 20.6. The SMILES string of the molecule is O=C(c1ccc(Br)o1)N1CCN(c2nc3ccc(OC(F)(F)F)cc3s2)CC1. The Bertz CT molecular complexity index is 1010. The van der Waals surface area contributed by atoms with Gasteiger partial charge in [-0.1, -0.05) is 11.3 Å². The van der Waals surface area contributed by atoms with Crippen molar-refractivity contribution in [1.82, 2.24) is 9.88 Å². The van der Waals surface area contributed by atoms with E-state index in [2.05, 4.69) is 25.7 Å². The lowest BCUT2D eigenvalue weighted by molar-refractivity contribution is -0.274. The predicted molar refractivity (Wildman–Crippen MR) is 101 cm³/mol. The summed E-state index contributed by atoms with van der Waals surface area (Å²) in [5, 5.41) is 0.701. The highest BCUT2D eigenvalue weighted by Crippen LogP contribution is 2.33. The summed E-state index contributed by atoms with van der Waals surface area (Å²) in [6.07, 6.45) is -4.73. The molecular formula is C17H13BrF3N3O3S. The van der Waals surface area contributed by atoms with E-state index in [9.17, 15) is 18.0 Å². The number of thiazole rings is 1. The number of hydrogen-bond donors (Lipinski definition) is 0. The van der Waals surface area contributed by atoms with Crippen LogP contribution >= 0.6 is 27.3 Å². The Morgan fingerprint density at radius 3 is 2.57 bits per heavy atom. The summed E-state index contributed by atoms with van der Waals surface area (Å²) in [6, 6.07) is 7.37. The summed E-state index contributed by atoms with van der Waals surface area (Å²) in [5.41, 5.74) is 0.605. The molecule has 1 amide bonds. The number of rotatable bonds is 3. The molecule has 4 rings (SSSR count). The molecule has 0 aliphatic carbocycles. The number of carbonyl (C=O) groups excluding carboxylic acids is 1. The number of hydrogen-bond acceptors (Lipinski definition) is 6. The molecule has 0 radical (unpaired) electrons. The third kappa shape index (κ3) is 4.09. The van der Waals surface area contributed by atoms with Gasteiger partial charge in [-0.3, -0.25) is 4.79 Å². The van der Waals surface area contributed by atoms with Crippen molar-refractivity contribution in [3.8, 4) is 5.75 Å². The van der Waals surface area contributed by atoms with Gasteiger partial charge in [0.05, 0.1) is 10.2 Å². The zero-order chi connectivity index (χ0) is 19.9. The Kier molecular flexibility index (Phi) is 4.96. The molecule has 1 aliphatic heterocycles. The largest absolute Gasteiger partial charge is 0.573 e. The molecule has 148 valence electrons. The van der Waals surface area contributed by atoms with Crippen molar-refractivity contribution in [2.45, 2.75) is 6.36 Å². The molecule has 1 saturated heterocycles. The van der Waals surface area contributed by atoms with Crippen LogP contribution in [0, 0.1) is 0 Å². The number of halogens is 4. The minimum Gasteiger partial charge on any atom is -0.444 e. The van der Waals surface area contributed by atoms with Gasteiger partial charge in [-0.25, -0.2) is 4.98 Å². The first-order valence-corrected chi connectivity index (χ1v) is 9.85. The summed E-state index contributed by atoms with van der Waals surface area (Å²) in [6.45, 7) is 2.13. The van der Waals surface area contributed by atoms with Gasteiger partial charge in [0, 0.05) is 32.2 Å². The molecule has 0 atom stereocenters. The fraction of sp³-hybridized carbons (Fsp3) is 0.294. The molecule has 0 bridgehead atoms. The molecular weight excluding hydrogens is 463 g/mol. The lowest BCUT2D eigenvalue weighted by Gasteiger charge is -2.34. The van der Waals surface area contributed by atoms with Gasteiger partial charge in [-0.05, 0) is 40.2 Å². The fourth-order valence-electron chi connectivity index (χ4n) is 2.91. The van der Waals surface area contributed by atoms with Crippen LogP contribution in [0.15, 0.2) is 39.4 Å². The highest BCUT2D eigenvalue weighted by molar-refractivity contribution is 9.10. The number of anilines is 1. The number of fused-ring (bicyclic) bond motifs is 1. The van der Waals surface area contributed by atoms with Crippen LogP contribution in [-0.2, 0) is 0 Å². The topological polar surface area (TPSA) is 58.8 Å². The van der Waals surface area contributed by atoms with Crippen LogP contribution in [0.3, 0.4) is 0 Å². The molecule has 2 aromatic heterocycles. The number of amides is 1. The van der Waals surface area contributed by atoms with Gasteiger partial charge in [0.15, 0.2) is 15.6 Å². The quantitative estimate of drug-likeness (QED) is 0.557. The normalized spacial score (nSPS) is 15.3. The second-order valence-corrected chi connectivity index (χ2v) is 7.85. The minimum atomic E-state index is -4.73. The zero-order valence-corrected chi connectivity index (χ0v) is 16.6. The van der Waals surface area contributed by atoms with Crippen LogP contribution in [-0.4, -0.2) is 48.3 Å². The van der Waals surface area contributed by atoms with E-state index in [1.807, 2.05) is 4.90 Å². The third-order valence-electron chi connectivity index (χ3n) is 4.20. The van der Waals surface area contributed by atoms with Crippen LogP contribution in [0.1, 0.15) is 10.6 Å². The Balaban J connectivity index is 1.44. The van der Waals surface area contributed by atoms with Crippen molar-refractivity contribution in [3.05, 3.63) is 40.8 Å². The first-order chi connectivity index (χ1) is 13.3. The van der Waals surface area contributed by atoms with E-state index in [0.29, 0.717) is 46.2 Å². The molecule has 11 heteroatoms. The fourth-order valence-corrected chi connectivity index (χ4v) is 4.26. The van der Waals surface area contributed by atoms with E-state index >= 15 is 0 Å². The molecule has 1 aromatic carbocycles. The van der Waals surface area contributed by atoms with Crippen LogP contribution < -0.4 is 9.64 Å². The molecule has 28 heavy (non-hydrogen) atoms. The number of nitrogens with zero attached hydrogens (tertiary/aromatic N) is 3. The molecule has 3 heterocycles. The van der Waals surface area contributed by atoms with Crippen molar-refractivity contribution in [1.29, 1.82) is 0 Å². The summed E-state index contributed by atoms with van der Waals surface area (Å²) in [5.74, 6) is -0.170. The van der Waals surface area contributed by atoms with E-state index in [1.165, 1.54) is 29.5 Å². The molecule has 3 aromatic rings. The lowest BCUT2D eigenvalue weighted by atomic mass is 10.3. The number of aromatic nitrogens is 1. The van der Waals surface area contributed by atoms with Gasteiger partial charge < -0.3 is 19.0 Å². The summed E-state index contributed by atoms with van der Waals surface area (Å²) < 4.78 is 47.5. The minimum absolute atomic E-state index is 0.177.